The van der Waals surface area contributed by atoms with Crippen LogP contribution in [0, 0.1) is 0 Å². The third-order valence-electron chi connectivity index (χ3n) is 3.52. The molecule has 100 valence electrons. The summed E-state index contributed by atoms with van der Waals surface area (Å²) in [6, 6.07) is 8.78. The monoisotopic (exact) mass is 265 g/mol. The van der Waals surface area contributed by atoms with Crippen molar-refractivity contribution in [1.82, 2.24) is 25.1 Å². The molecule has 2 aromatic heterocycles. The molecule has 5 nitrogen and oxygen atoms in total. The predicted molar refractivity (Wildman–Crippen MR) is 76.5 cm³/mol. The van der Waals surface area contributed by atoms with Crippen molar-refractivity contribution in [3.05, 3.63) is 48.5 Å². The fourth-order valence-corrected chi connectivity index (χ4v) is 2.27. The summed E-state index contributed by atoms with van der Waals surface area (Å²) in [7, 11) is 0. The Hall–Kier alpha value is -2.27. The van der Waals surface area contributed by atoms with Crippen molar-refractivity contribution in [2.45, 2.75) is 25.4 Å². The van der Waals surface area contributed by atoms with Crippen molar-refractivity contribution in [3.63, 3.8) is 0 Å². The van der Waals surface area contributed by atoms with E-state index in [9.17, 15) is 0 Å². The Morgan fingerprint density at radius 1 is 1.15 bits per heavy atom. The first kappa shape index (κ1) is 11.5. The van der Waals surface area contributed by atoms with Gasteiger partial charge in [-0.1, -0.05) is 18.2 Å². The zero-order valence-electron chi connectivity index (χ0n) is 11.0. The molecule has 0 unspecified atom stereocenters. The minimum Gasteiger partial charge on any atom is -0.308 e. The van der Waals surface area contributed by atoms with Gasteiger partial charge in [0.25, 0.3) is 0 Å². The molecule has 1 aliphatic carbocycles. The van der Waals surface area contributed by atoms with E-state index in [1.165, 1.54) is 12.8 Å². The molecule has 1 saturated carbocycles. The average molecular weight is 265 g/mol. The maximum absolute atomic E-state index is 4.64. The van der Waals surface area contributed by atoms with E-state index in [4.69, 9.17) is 0 Å². The second-order valence-corrected chi connectivity index (χ2v) is 5.14. The van der Waals surface area contributed by atoms with Gasteiger partial charge < -0.3 is 5.32 Å². The molecule has 0 atom stereocenters. The van der Waals surface area contributed by atoms with Crippen molar-refractivity contribution < 1.29 is 0 Å². The van der Waals surface area contributed by atoms with Crippen LogP contribution in [0.15, 0.2) is 42.9 Å². The molecular weight excluding hydrogens is 250 g/mol. The first-order chi connectivity index (χ1) is 9.90. The van der Waals surface area contributed by atoms with Crippen molar-refractivity contribution in [2.75, 3.05) is 0 Å². The van der Waals surface area contributed by atoms with Gasteiger partial charge in [0.2, 0.25) is 0 Å². The molecule has 0 saturated heterocycles. The van der Waals surface area contributed by atoms with Gasteiger partial charge in [-0.15, -0.1) is 0 Å². The maximum atomic E-state index is 4.64. The van der Waals surface area contributed by atoms with E-state index in [0.29, 0.717) is 6.04 Å². The van der Waals surface area contributed by atoms with Gasteiger partial charge >= 0.3 is 0 Å². The number of para-hydroxylation sites is 1. The fraction of sp³-hybridized carbons (Fsp3) is 0.267. The highest BCUT2D eigenvalue weighted by molar-refractivity contribution is 5.79. The molecule has 0 radical (unpaired) electrons. The summed E-state index contributed by atoms with van der Waals surface area (Å²) < 4.78 is 1.84. The molecule has 0 spiro atoms. The second-order valence-electron chi connectivity index (χ2n) is 5.14. The highest BCUT2D eigenvalue weighted by Gasteiger charge is 2.20. The van der Waals surface area contributed by atoms with Gasteiger partial charge in [0, 0.05) is 24.2 Å². The van der Waals surface area contributed by atoms with Gasteiger partial charge in [-0.25, -0.2) is 9.67 Å². The summed E-state index contributed by atoms with van der Waals surface area (Å²) in [5.41, 5.74) is 2.00. The van der Waals surface area contributed by atoms with E-state index in [2.05, 4.69) is 20.4 Å². The summed E-state index contributed by atoms with van der Waals surface area (Å²) in [6.07, 6.45) is 7.96. The van der Waals surface area contributed by atoms with Crippen LogP contribution in [0.5, 0.6) is 0 Å². The lowest BCUT2D eigenvalue weighted by atomic mass is 10.2. The molecule has 3 aromatic rings. The number of hydrogen-bond acceptors (Lipinski definition) is 4. The third kappa shape index (κ3) is 2.16. The minimum atomic E-state index is 0.672. The van der Waals surface area contributed by atoms with E-state index in [1.807, 2.05) is 41.3 Å². The number of fused-ring (bicyclic) bond motifs is 1. The molecule has 0 amide bonds. The summed E-state index contributed by atoms with van der Waals surface area (Å²) >= 11 is 0. The Labute approximate surface area is 116 Å². The lowest BCUT2D eigenvalue weighted by Crippen LogP contribution is -2.17. The van der Waals surface area contributed by atoms with Gasteiger partial charge in [0.1, 0.15) is 0 Å². The normalized spacial score (nSPS) is 14.8. The Kier molecular flexibility index (Phi) is 2.70. The van der Waals surface area contributed by atoms with Crippen LogP contribution in [0.3, 0.4) is 0 Å². The van der Waals surface area contributed by atoms with E-state index >= 15 is 0 Å². The first-order valence-electron chi connectivity index (χ1n) is 6.87. The van der Waals surface area contributed by atoms with Crippen LogP contribution in [0.4, 0.5) is 0 Å². The number of nitrogens with one attached hydrogen (secondary N) is 1. The summed E-state index contributed by atoms with van der Waals surface area (Å²) in [5, 5.41) is 8.97. The molecule has 1 N–H and O–H groups in total. The lowest BCUT2D eigenvalue weighted by molar-refractivity contribution is 0.668. The van der Waals surface area contributed by atoms with Crippen molar-refractivity contribution in [2.24, 2.45) is 0 Å². The second kappa shape index (κ2) is 4.68. The molecule has 1 fully saturated rings. The Bertz CT molecular complexity index is 745. The van der Waals surface area contributed by atoms with Crippen LogP contribution in [0.25, 0.3) is 16.7 Å². The largest absolute Gasteiger partial charge is 0.308 e. The number of hydrogen-bond donors (Lipinski definition) is 1. The Morgan fingerprint density at radius 2 is 2.05 bits per heavy atom. The van der Waals surface area contributed by atoms with Crippen molar-refractivity contribution >= 4 is 10.9 Å². The summed E-state index contributed by atoms with van der Waals surface area (Å²) in [5.74, 6) is 0.765. The molecule has 20 heavy (non-hydrogen) atoms. The zero-order valence-corrected chi connectivity index (χ0v) is 11.0. The molecule has 2 heterocycles. The van der Waals surface area contributed by atoms with Crippen LogP contribution in [0.1, 0.15) is 18.5 Å². The standard InChI is InChI=1S/C15H15N5/c1-2-4-14-11(3-1)7-18-20(14)15-10-16-8-13(19-15)9-17-12-5-6-12/h1-4,7-8,10,12,17H,5-6,9H2. The van der Waals surface area contributed by atoms with Gasteiger partial charge in [-0.3, -0.25) is 4.98 Å². The number of nitrogens with zero attached hydrogens (tertiary/aromatic N) is 4. The minimum absolute atomic E-state index is 0.672. The quantitative estimate of drug-likeness (QED) is 0.784. The van der Waals surface area contributed by atoms with Crippen LogP contribution in [-0.2, 0) is 6.54 Å². The molecule has 4 rings (SSSR count). The van der Waals surface area contributed by atoms with E-state index < -0.39 is 0 Å². The van der Waals surface area contributed by atoms with Crippen LogP contribution in [0.2, 0.25) is 0 Å². The molecule has 5 heteroatoms. The molecule has 0 bridgehead atoms. The summed E-state index contributed by atoms with van der Waals surface area (Å²) in [4.78, 5) is 8.92. The average Bonchev–Trinajstić information content (AvgIpc) is 3.23. The van der Waals surface area contributed by atoms with Crippen molar-refractivity contribution in [1.29, 1.82) is 0 Å². The summed E-state index contributed by atoms with van der Waals surface area (Å²) in [6.45, 7) is 0.769. The first-order valence-corrected chi connectivity index (χ1v) is 6.87. The number of aromatic nitrogens is 4. The highest BCUT2D eigenvalue weighted by Crippen LogP contribution is 2.19. The molecular formula is C15H15N5. The topological polar surface area (TPSA) is 55.6 Å². The Morgan fingerprint density at radius 3 is 2.95 bits per heavy atom. The Balaban J connectivity index is 1.68. The molecule has 0 aliphatic heterocycles. The maximum Gasteiger partial charge on any atom is 0.172 e. The smallest absolute Gasteiger partial charge is 0.172 e. The van der Waals surface area contributed by atoms with Crippen LogP contribution >= 0.6 is 0 Å². The molecule has 1 aromatic carbocycles. The SMILES string of the molecule is c1ccc2c(c1)cnn2-c1cncc(CNC2CC2)n1. The number of benzene rings is 1. The van der Waals surface area contributed by atoms with E-state index in [1.54, 1.807) is 6.20 Å². The van der Waals surface area contributed by atoms with Crippen LogP contribution in [-0.4, -0.2) is 25.8 Å². The van der Waals surface area contributed by atoms with Gasteiger partial charge in [-0.05, 0) is 18.9 Å². The fourth-order valence-electron chi connectivity index (χ4n) is 2.27. The third-order valence-corrected chi connectivity index (χ3v) is 3.52. The van der Waals surface area contributed by atoms with Crippen molar-refractivity contribution in [3.8, 4) is 5.82 Å². The van der Waals surface area contributed by atoms with Gasteiger partial charge in [-0.2, -0.15) is 5.10 Å². The highest BCUT2D eigenvalue weighted by atomic mass is 15.3. The van der Waals surface area contributed by atoms with E-state index in [0.717, 1.165) is 29.0 Å². The van der Waals surface area contributed by atoms with Gasteiger partial charge in [0.05, 0.1) is 23.6 Å². The van der Waals surface area contributed by atoms with E-state index in [-0.39, 0.29) is 0 Å². The number of rotatable bonds is 4. The van der Waals surface area contributed by atoms with Gasteiger partial charge in [0.15, 0.2) is 5.82 Å². The van der Waals surface area contributed by atoms with Crippen LogP contribution < -0.4 is 5.32 Å². The lowest BCUT2D eigenvalue weighted by Gasteiger charge is -2.05. The molecule has 1 aliphatic rings. The zero-order chi connectivity index (χ0) is 13.4. The predicted octanol–water partition coefficient (Wildman–Crippen LogP) is 2.07.